The first-order chi connectivity index (χ1) is 15.6. The second kappa shape index (κ2) is 8.96. The van der Waals surface area contributed by atoms with Crippen molar-refractivity contribution in [1.29, 1.82) is 5.26 Å². The zero-order valence-corrected chi connectivity index (χ0v) is 18.6. The second-order valence-corrected chi connectivity index (χ2v) is 9.60. The van der Waals surface area contributed by atoms with Gasteiger partial charge in [-0.1, -0.05) is 43.5 Å². The molecule has 166 valence electrons. The van der Waals surface area contributed by atoms with Crippen LogP contribution < -0.4 is 10.1 Å². The summed E-state index contributed by atoms with van der Waals surface area (Å²) in [6.45, 7) is 2.79. The molecule has 3 aliphatic rings. The first-order valence-corrected chi connectivity index (χ1v) is 11.9. The van der Waals surface area contributed by atoms with Gasteiger partial charge in [0.2, 0.25) is 5.91 Å². The summed E-state index contributed by atoms with van der Waals surface area (Å²) in [7, 11) is 0. The molecule has 1 atom stereocenters. The number of para-hydroxylation sites is 1. The summed E-state index contributed by atoms with van der Waals surface area (Å²) in [5, 5.41) is 12.5. The van der Waals surface area contributed by atoms with E-state index in [-0.39, 0.29) is 17.6 Å². The van der Waals surface area contributed by atoms with E-state index in [0.717, 1.165) is 75.9 Å². The van der Waals surface area contributed by atoms with E-state index in [4.69, 9.17) is 4.74 Å². The SMILES string of the molecule is N#Cc1ccc2c(c1)CN(CCC1(C(=O)NC3Cc4ccccc4O3)CCCCC1)CC2. The van der Waals surface area contributed by atoms with Crippen LogP contribution in [-0.4, -0.2) is 30.1 Å². The maximum absolute atomic E-state index is 13.5. The second-order valence-electron chi connectivity index (χ2n) is 9.60. The van der Waals surface area contributed by atoms with Crippen molar-refractivity contribution in [1.82, 2.24) is 10.2 Å². The molecule has 2 aromatic carbocycles. The molecule has 2 aromatic rings. The van der Waals surface area contributed by atoms with Gasteiger partial charge in [0.15, 0.2) is 6.23 Å². The van der Waals surface area contributed by atoms with Gasteiger partial charge in [0.25, 0.3) is 0 Å². The van der Waals surface area contributed by atoms with Crippen LogP contribution in [0, 0.1) is 16.7 Å². The average molecular weight is 430 g/mol. The third-order valence-corrected chi connectivity index (χ3v) is 7.56. The van der Waals surface area contributed by atoms with Crippen molar-refractivity contribution in [2.24, 2.45) is 5.41 Å². The van der Waals surface area contributed by atoms with Crippen LogP contribution >= 0.6 is 0 Å². The zero-order chi connectivity index (χ0) is 22.0. The van der Waals surface area contributed by atoms with Gasteiger partial charge in [-0.15, -0.1) is 0 Å². The van der Waals surface area contributed by atoms with Crippen molar-refractivity contribution in [2.75, 3.05) is 13.1 Å². The number of hydrogen-bond donors (Lipinski definition) is 1. The van der Waals surface area contributed by atoms with Crippen molar-refractivity contribution in [3.63, 3.8) is 0 Å². The lowest BCUT2D eigenvalue weighted by atomic mass is 9.71. The minimum absolute atomic E-state index is 0.166. The molecular weight excluding hydrogens is 398 g/mol. The Labute approximate surface area is 190 Å². The molecule has 1 fully saturated rings. The average Bonchev–Trinajstić information content (AvgIpc) is 3.25. The van der Waals surface area contributed by atoms with E-state index in [1.807, 2.05) is 30.3 Å². The monoisotopic (exact) mass is 429 g/mol. The van der Waals surface area contributed by atoms with Gasteiger partial charge in [-0.2, -0.15) is 5.26 Å². The molecule has 0 spiro atoms. The number of carbonyl (C=O) groups is 1. The van der Waals surface area contributed by atoms with Crippen molar-refractivity contribution in [3.05, 3.63) is 64.7 Å². The predicted octanol–water partition coefficient (Wildman–Crippen LogP) is 4.33. The summed E-state index contributed by atoms with van der Waals surface area (Å²) in [6, 6.07) is 16.3. The Morgan fingerprint density at radius 1 is 1.12 bits per heavy atom. The van der Waals surface area contributed by atoms with Gasteiger partial charge in [-0.05, 0) is 67.1 Å². The Morgan fingerprint density at radius 2 is 1.97 bits per heavy atom. The quantitative estimate of drug-likeness (QED) is 0.768. The lowest BCUT2D eigenvalue weighted by molar-refractivity contribution is -0.136. The van der Waals surface area contributed by atoms with Gasteiger partial charge < -0.3 is 10.1 Å². The Hall–Kier alpha value is -2.84. The maximum Gasteiger partial charge on any atom is 0.229 e. The normalized spacial score (nSPS) is 21.7. The highest BCUT2D eigenvalue weighted by atomic mass is 16.5. The third-order valence-electron chi connectivity index (χ3n) is 7.56. The zero-order valence-electron chi connectivity index (χ0n) is 18.6. The molecule has 0 saturated heterocycles. The van der Waals surface area contributed by atoms with Crippen LogP contribution in [0.3, 0.4) is 0 Å². The molecule has 0 radical (unpaired) electrons. The molecule has 1 aliphatic carbocycles. The van der Waals surface area contributed by atoms with E-state index < -0.39 is 0 Å². The van der Waals surface area contributed by atoms with E-state index in [0.29, 0.717) is 0 Å². The number of nitrogens with zero attached hydrogens (tertiary/aromatic N) is 2. The van der Waals surface area contributed by atoms with Crippen LogP contribution in [0.4, 0.5) is 0 Å². The van der Waals surface area contributed by atoms with Gasteiger partial charge in [0, 0.05) is 19.5 Å². The fourth-order valence-corrected chi connectivity index (χ4v) is 5.63. The van der Waals surface area contributed by atoms with E-state index in [2.05, 4.69) is 28.4 Å². The smallest absolute Gasteiger partial charge is 0.229 e. The van der Waals surface area contributed by atoms with Crippen LogP contribution in [0.5, 0.6) is 5.75 Å². The molecule has 2 aliphatic heterocycles. The van der Waals surface area contributed by atoms with Crippen molar-refractivity contribution in [3.8, 4) is 11.8 Å². The van der Waals surface area contributed by atoms with Crippen LogP contribution in [0.2, 0.25) is 0 Å². The van der Waals surface area contributed by atoms with Gasteiger partial charge in [0.05, 0.1) is 17.0 Å². The lowest BCUT2D eigenvalue weighted by Gasteiger charge is -2.39. The number of fused-ring (bicyclic) bond motifs is 2. The number of ether oxygens (including phenoxy) is 1. The summed E-state index contributed by atoms with van der Waals surface area (Å²) in [6.07, 6.45) is 7.74. The standard InChI is InChI=1S/C27H31N3O2/c28-18-20-8-9-21-10-14-30(19-23(21)16-20)15-13-27(11-4-1-5-12-27)26(31)29-25-17-22-6-2-3-7-24(22)32-25/h2-3,6-9,16,25H,1,4-5,10-15,17,19H2,(H,29,31). The Kier molecular flexibility index (Phi) is 5.89. The highest BCUT2D eigenvalue weighted by Gasteiger charge is 2.41. The van der Waals surface area contributed by atoms with Crippen LogP contribution in [0.25, 0.3) is 0 Å². The van der Waals surface area contributed by atoms with E-state index in [1.165, 1.54) is 23.1 Å². The molecule has 2 heterocycles. The summed E-state index contributed by atoms with van der Waals surface area (Å²) in [5.74, 6) is 1.05. The van der Waals surface area contributed by atoms with Crippen molar-refractivity contribution in [2.45, 2.75) is 64.1 Å². The third kappa shape index (κ3) is 4.25. The van der Waals surface area contributed by atoms with Crippen LogP contribution in [0.15, 0.2) is 42.5 Å². The van der Waals surface area contributed by atoms with Gasteiger partial charge in [-0.25, -0.2) is 0 Å². The van der Waals surface area contributed by atoms with Gasteiger partial charge in [0.1, 0.15) is 5.75 Å². The Bertz CT molecular complexity index is 1010. The fraction of sp³-hybridized carbons (Fsp3) is 0.481. The van der Waals surface area contributed by atoms with Gasteiger partial charge >= 0.3 is 0 Å². The van der Waals surface area contributed by atoms with E-state index >= 15 is 0 Å². The first-order valence-electron chi connectivity index (χ1n) is 11.9. The number of hydrogen-bond acceptors (Lipinski definition) is 4. The number of carbonyl (C=O) groups excluding carboxylic acids is 1. The van der Waals surface area contributed by atoms with Crippen molar-refractivity contribution >= 4 is 5.91 Å². The predicted molar refractivity (Wildman–Crippen MR) is 123 cm³/mol. The highest BCUT2D eigenvalue weighted by molar-refractivity contribution is 5.83. The summed E-state index contributed by atoms with van der Waals surface area (Å²) in [5.41, 5.74) is 4.20. The topological polar surface area (TPSA) is 65.4 Å². The molecular formula is C27H31N3O2. The summed E-state index contributed by atoms with van der Waals surface area (Å²) >= 11 is 0. The van der Waals surface area contributed by atoms with E-state index in [1.54, 1.807) is 0 Å². The number of nitriles is 1. The number of benzene rings is 2. The highest BCUT2D eigenvalue weighted by Crippen LogP contribution is 2.40. The van der Waals surface area contributed by atoms with Gasteiger partial charge in [-0.3, -0.25) is 9.69 Å². The molecule has 32 heavy (non-hydrogen) atoms. The number of nitrogens with one attached hydrogen (secondary N) is 1. The number of amides is 1. The first kappa shape index (κ1) is 21.0. The minimum Gasteiger partial charge on any atom is -0.470 e. The molecule has 1 saturated carbocycles. The molecule has 1 amide bonds. The molecule has 1 N–H and O–H groups in total. The Morgan fingerprint density at radius 3 is 2.78 bits per heavy atom. The fourth-order valence-electron chi connectivity index (χ4n) is 5.63. The summed E-state index contributed by atoms with van der Waals surface area (Å²) < 4.78 is 6.00. The van der Waals surface area contributed by atoms with Crippen LogP contribution in [-0.2, 0) is 24.2 Å². The Balaban J connectivity index is 1.24. The van der Waals surface area contributed by atoms with Crippen LogP contribution in [0.1, 0.15) is 60.8 Å². The maximum atomic E-state index is 13.5. The molecule has 1 unspecified atom stereocenters. The minimum atomic E-state index is -0.300. The summed E-state index contributed by atoms with van der Waals surface area (Å²) in [4.78, 5) is 16.0. The number of rotatable bonds is 5. The van der Waals surface area contributed by atoms with Crippen molar-refractivity contribution < 1.29 is 9.53 Å². The molecule has 0 aromatic heterocycles. The lowest BCUT2D eigenvalue weighted by Crippen LogP contribution is -2.49. The largest absolute Gasteiger partial charge is 0.470 e. The molecule has 5 nitrogen and oxygen atoms in total. The molecule has 5 heteroatoms. The molecule has 5 rings (SSSR count). The van der Waals surface area contributed by atoms with E-state index in [9.17, 15) is 10.1 Å². The molecule has 0 bridgehead atoms.